The van der Waals surface area contributed by atoms with Crippen LogP contribution in [0.25, 0.3) is 22.3 Å². The van der Waals surface area contributed by atoms with Gasteiger partial charge in [0, 0.05) is 36.6 Å². The molecule has 36 heavy (non-hydrogen) atoms. The highest BCUT2D eigenvalue weighted by atomic mass is 32.2. The summed E-state index contributed by atoms with van der Waals surface area (Å²) in [6.45, 7) is 3.28. The first-order valence-electron chi connectivity index (χ1n) is 12.4. The number of hydrogen-bond acceptors (Lipinski definition) is 6. The average molecular weight is 502 g/mol. The summed E-state index contributed by atoms with van der Waals surface area (Å²) >= 11 is 0. The molecule has 6 rings (SSSR count). The Morgan fingerprint density at radius 1 is 1.03 bits per heavy atom. The highest BCUT2D eigenvalue weighted by molar-refractivity contribution is 7.91. The SMILES string of the molecule is CN1CN(c2ccccc2)c2c1cnc1[nH]c(-c3ccc(CN4CCC(S(C)(=O)=O)CC4)cc3)cc21. The number of H-pyrrole nitrogens is 1. The number of pyridine rings is 1. The van der Waals surface area contributed by atoms with Gasteiger partial charge >= 0.3 is 0 Å². The van der Waals surface area contributed by atoms with Gasteiger partial charge in [-0.15, -0.1) is 0 Å². The number of anilines is 3. The zero-order chi connectivity index (χ0) is 24.9. The summed E-state index contributed by atoms with van der Waals surface area (Å²) < 4.78 is 23.7. The summed E-state index contributed by atoms with van der Waals surface area (Å²) in [5, 5.41) is 0.930. The third-order valence-electron chi connectivity index (χ3n) is 7.52. The third kappa shape index (κ3) is 4.24. The van der Waals surface area contributed by atoms with Crippen molar-refractivity contribution in [2.24, 2.45) is 0 Å². The van der Waals surface area contributed by atoms with Crippen molar-refractivity contribution in [2.75, 3.05) is 42.9 Å². The highest BCUT2D eigenvalue weighted by Gasteiger charge is 2.29. The minimum absolute atomic E-state index is 0.189. The molecular weight excluding hydrogens is 470 g/mol. The van der Waals surface area contributed by atoms with Crippen molar-refractivity contribution >= 4 is 37.9 Å². The Kier molecular flexibility index (Phi) is 5.73. The largest absolute Gasteiger partial charge is 0.354 e. The van der Waals surface area contributed by atoms with Crippen molar-refractivity contribution in [3.63, 3.8) is 0 Å². The van der Waals surface area contributed by atoms with Crippen LogP contribution in [-0.2, 0) is 16.4 Å². The zero-order valence-corrected chi connectivity index (χ0v) is 21.5. The molecule has 0 spiro atoms. The first-order chi connectivity index (χ1) is 17.4. The number of nitrogens with one attached hydrogen (secondary N) is 1. The summed E-state index contributed by atoms with van der Waals surface area (Å²) in [6.07, 6.45) is 4.76. The summed E-state index contributed by atoms with van der Waals surface area (Å²) in [5.41, 5.74) is 7.79. The number of hydrogen-bond donors (Lipinski definition) is 1. The lowest BCUT2D eigenvalue weighted by Gasteiger charge is -2.31. The molecule has 0 atom stereocenters. The maximum absolute atomic E-state index is 11.8. The lowest BCUT2D eigenvalue weighted by Crippen LogP contribution is -2.38. The van der Waals surface area contributed by atoms with E-state index in [1.54, 1.807) is 0 Å². The predicted molar refractivity (Wildman–Crippen MR) is 147 cm³/mol. The number of fused-ring (bicyclic) bond motifs is 3. The Balaban J connectivity index is 1.23. The van der Waals surface area contributed by atoms with Crippen LogP contribution in [-0.4, -0.2) is 61.6 Å². The van der Waals surface area contributed by atoms with Gasteiger partial charge in [-0.2, -0.15) is 0 Å². The van der Waals surface area contributed by atoms with Crippen molar-refractivity contribution < 1.29 is 8.42 Å². The minimum Gasteiger partial charge on any atom is -0.354 e. The van der Waals surface area contributed by atoms with Gasteiger partial charge in [0.05, 0.1) is 29.5 Å². The topological polar surface area (TPSA) is 72.5 Å². The number of rotatable bonds is 5. The molecule has 2 aliphatic heterocycles. The molecule has 4 aromatic rings. The quantitative estimate of drug-likeness (QED) is 0.424. The zero-order valence-electron chi connectivity index (χ0n) is 20.7. The van der Waals surface area contributed by atoms with E-state index in [2.05, 4.69) is 81.3 Å². The Bertz CT molecular complexity index is 1490. The fraction of sp³-hybridized carbons (Fsp3) is 0.321. The van der Waals surface area contributed by atoms with Gasteiger partial charge in [0.1, 0.15) is 15.5 Å². The van der Waals surface area contributed by atoms with E-state index < -0.39 is 9.84 Å². The fourth-order valence-electron chi connectivity index (χ4n) is 5.49. The molecule has 0 bridgehead atoms. The number of benzene rings is 2. The molecule has 8 heteroatoms. The van der Waals surface area contributed by atoms with E-state index >= 15 is 0 Å². The first-order valence-corrected chi connectivity index (χ1v) is 14.4. The number of nitrogens with zero attached hydrogens (tertiary/aromatic N) is 4. The third-order valence-corrected chi connectivity index (χ3v) is 9.21. The Morgan fingerprint density at radius 3 is 2.44 bits per heavy atom. The molecule has 2 aliphatic rings. The van der Waals surface area contributed by atoms with Crippen LogP contribution in [0.5, 0.6) is 0 Å². The van der Waals surface area contributed by atoms with Crippen LogP contribution >= 0.6 is 0 Å². The molecule has 1 N–H and O–H groups in total. The van der Waals surface area contributed by atoms with Crippen molar-refractivity contribution in [3.05, 3.63) is 72.4 Å². The van der Waals surface area contributed by atoms with Crippen LogP contribution in [0.2, 0.25) is 0 Å². The number of aromatic nitrogens is 2. The molecule has 0 aliphatic carbocycles. The van der Waals surface area contributed by atoms with E-state index in [0.717, 1.165) is 67.1 Å². The standard InChI is InChI=1S/C28H31N5O2S/c1-31-19-33(22-6-4-3-5-7-22)27-24-16-25(30-28(24)29-17-26(27)31)21-10-8-20(9-11-21)18-32-14-12-23(13-15-32)36(2,34)35/h3-11,16-17,23H,12-15,18-19H2,1-2H3,(H,29,30). The number of aromatic amines is 1. The summed E-state index contributed by atoms with van der Waals surface area (Å²) in [7, 11) is -0.834. The molecule has 4 heterocycles. The van der Waals surface area contributed by atoms with Crippen LogP contribution in [0.15, 0.2) is 66.9 Å². The maximum atomic E-state index is 11.8. The van der Waals surface area contributed by atoms with E-state index in [0.29, 0.717) is 0 Å². The average Bonchev–Trinajstić information content (AvgIpc) is 3.46. The van der Waals surface area contributed by atoms with E-state index in [9.17, 15) is 8.42 Å². The van der Waals surface area contributed by atoms with Gasteiger partial charge in [-0.3, -0.25) is 4.90 Å². The van der Waals surface area contributed by atoms with Crippen LogP contribution < -0.4 is 9.80 Å². The van der Waals surface area contributed by atoms with Crippen LogP contribution in [0.1, 0.15) is 18.4 Å². The lowest BCUT2D eigenvalue weighted by molar-refractivity contribution is 0.222. The van der Waals surface area contributed by atoms with E-state index in [4.69, 9.17) is 4.98 Å². The smallest absolute Gasteiger partial charge is 0.150 e. The number of likely N-dealkylation sites (tertiary alicyclic amines) is 1. The molecule has 0 unspecified atom stereocenters. The second kappa shape index (κ2) is 8.94. The van der Waals surface area contributed by atoms with Crippen LogP contribution in [0, 0.1) is 0 Å². The van der Waals surface area contributed by atoms with Gasteiger partial charge in [0.25, 0.3) is 0 Å². The summed E-state index contributed by atoms with van der Waals surface area (Å²) in [4.78, 5) is 15.2. The molecule has 0 saturated carbocycles. The van der Waals surface area contributed by atoms with Gasteiger partial charge in [-0.05, 0) is 55.3 Å². The Labute approximate surface area is 212 Å². The Morgan fingerprint density at radius 2 is 1.75 bits per heavy atom. The monoisotopic (exact) mass is 501 g/mol. The molecule has 1 fully saturated rings. The summed E-state index contributed by atoms with van der Waals surface area (Å²) in [6, 6.07) is 21.3. The van der Waals surface area contributed by atoms with Gasteiger partial charge in [-0.25, -0.2) is 13.4 Å². The molecule has 186 valence electrons. The normalized spacial score (nSPS) is 17.2. The van der Waals surface area contributed by atoms with Gasteiger partial charge in [0.15, 0.2) is 0 Å². The van der Waals surface area contributed by atoms with Crippen LogP contribution in [0.3, 0.4) is 0 Å². The van der Waals surface area contributed by atoms with Gasteiger partial charge in [-0.1, -0.05) is 42.5 Å². The number of sulfone groups is 1. The molecule has 7 nitrogen and oxygen atoms in total. The van der Waals surface area contributed by atoms with Crippen molar-refractivity contribution in [1.29, 1.82) is 0 Å². The van der Waals surface area contributed by atoms with E-state index in [1.165, 1.54) is 23.2 Å². The molecule has 0 amide bonds. The molecule has 1 saturated heterocycles. The highest BCUT2D eigenvalue weighted by Crippen LogP contribution is 2.44. The van der Waals surface area contributed by atoms with Gasteiger partial charge in [0.2, 0.25) is 0 Å². The number of piperidine rings is 1. The van der Waals surface area contributed by atoms with Crippen molar-refractivity contribution in [1.82, 2.24) is 14.9 Å². The maximum Gasteiger partial charge on any atom is 0.150 e. The molecular formula is C28H31N5O2S. The van der Waals surface area contributed by atoms with Gasteiger partial charge < -0.3 is 14.8 Å². The predicted octanol–water partition coefficient (Wildman–Crippen LogP) is 4.78. The van der Waals surface area contributed by atoms with E-state index in [1.807, 2.05) is 12.3 Å². The fourth-order valence-corrected chi connectivity index (χ4v) is 6.56. The van der Waals surface area contributed by atoms with Crippen molar-refractivity contribution in [2.45, 2.75) is 24.6 Å². The molecule has 0 radical (unpaired) electrons. The Hall–Kier alpha value is -3.36. The van der Waals surface area contributed by atoms with Crippen molar-refractivity contribution in [3.8, 4) is 11.3 Å². The second-order valence-electron chi connectivity index (χ2n) is 10.0. The number of para-hydroxylation sites is 1. The summed E-state index contributed by atoms with van der Waals surface area (Å²) in [5.74, 6) is 0. The first kappa shape index (κ1) is 23.1. The molecule has 2 aromatic carbocycles. The minimum atomic E-state index is -2.94. The lowest BCUT2D eigenvalue weighted by atomic mass is 10.1. The van der Waals surface area contributed by atoms with Crippen LogP contribution in [0.4, 0.5) is 17.1 Å². The van der Waals surface area contributed by atoms with E-state index in [-0.39, 0.29) is 5.25 Å². The molecule has 2 aromatic heterocycles. The second-order valence-corrected chi connectivity index (χ2v) is 12.4.